The van der Waals surface area contributed by atoms with E-state index in [0.717, 1.165) is 17.5 Å². The number of carbonyl (C=O) groups excluding carboxylic acids is 3. The Labute approximate surface area is 188 Å². The highest BCUT2D eigenvalue weighted by atomic mass is 32.2. The number of nitrogens with one attached hydrogen (secondary N) is 1. The summed E-state index contributed by atoms with van der Waals surface area (Å²) in [5.74, 6) is -2.10. The third-order valence-corrected chi connectivity index (χ3v) is 8.72. The van der Waals surface area contributed by atoms with Gasteiger partial charge in [0.05, 0.1) is 35.3 Å². The maximum Gasteiger partial charge on any atom is 0.310 e. The number of hydrogen-bond donors (Lipinski definition) is 2. The summed E-state index contributed by atoms with van der Waals surface area (Å²) in [6.45, 7) is 1.88. The van der Waals surface area contributed by atoms with Crippen molar-refractivity contribution in [1.82, 2.24) is 25.2 Å². The Morgan fingerprint density at radius 2 is 2.19 bits per heavy atom. The fraction of sp³-hybridized carbons (Fsp3) is 0.571. The molecule has 4 heterocycles. The quantitative estimate of drug-likeness (QED) is 0.561. The van der Waals surface area contributed by atoms with Crippen LogP contribution in [0.25, 0.3) is 11.0 Å². The van der Waals surface area contributed by atoms with Crippen LogP contribution >= 0.6 is 11.8 Å². The molecule has 1 aromatic carbocycles. The summed E-state index contributed by atoms with van der Waals surface area (Å²) in [6.07, 6.45) is 1.42. The number of aliphatic hydroxyl groups is 1. The van der Waals surface area contributed by atoms with Crippen LogP contribution in [-0.2, 0) is 25.8 Å². The fourth-order valence-electron chi connectivity index (χ4n) is 5.59. The lowest BCUT2D eigenvalue weighted by molar-refractivity contribution is -0.153. The number of nitrogens with zero attached hydrogens (tertiary/aromatic N) is 4. The summed E-state index contributed by atoms with van der Waals surface area (Å²) < 4.78 is 6.17. The molecule has 0 saturated carbocycles. The van der Waals surface area contributed by atoms with Gasteiger partial charge in [-0.15, -0.1) is 16.9 Å². The summed E-state index contributed by atoms with van der Waals surface area (Å²) in [6, 6.07) is 6.67. The van der Waals surface area contributed by atoms with Crippen LogP contribution in [0.4, 0.5) is 0 Å². The molecule has 3 aliphatic heterocycles. The third-order valence-electron chi connectivity index (χ3n) is 6.77. The maximum atomic E-state index is 13.5. The lowest BCUT2D eigenvalue weighted by Crippen LogP contribution is -2.54. The molecule has 10 nitrogen and oxygen atoms in total. The first kappa shape index (κ1) is 21.2. The first-order valence-electron chi connectivity index (χ1n) is 10.8. The highest BCUT2D eigenvalue weighted by Gasteiger charge is 2.73. The standard InChI is InChI=1S/C21H25N5O5S/c1-2-31-20(30)15-14-7-8-21(32-14)16(15)19(29)25(9-10-27)17(21)18(28)22-11-26-13-6-4-3-5-12(13)23-24-26/h3-6,14-17,27H,2,7-11H2,1H3,(H,22,28)/t14-,15+,16+,17?,21?/m1/s1. The molecular formula is C21H25N5O5S. The Morgan fingerprint density at radius 3 is 2.97 bits per heavy atom. The summed E-state index contributed by atoms with van der Waals surface area (Å²) in [5, 5.41) is 20.6. The topological polar surface area (TPSA) is 127 Å². The molecule has 0 aliphatic carbocycles. The molecule has 0 radical (unpaired) electrons. The number of esters is 1. The number of ether oxygens (including phenoxy) is 1. The van der Waals surface area contributed by atoms with Gasteiger partial charge in [-0.25, -0.2) is 4.68 Å². The van der Waals surface area contributed by atoms with Crippen LogP contribution in [0.15, 0.2) is 24.3 Å². The lowest BCUT2D eigenvalue weighted by Gasteiger charge is -2.33. The molecule has 3 saturated heterocycles. The molecule has 2 aromatic rings. The lowest BCUT2D eigenvalue weighted by atomic mass is 9.71. The van der Waals surface area contributed by atoms with Crippen LogP contribution in [0.2, 0.25) is 0 Å². The SMILES string of the molecule is CCOC(=O)[C@@H]1[C@H]2C(=O)N(CCO)C(C(=O)NCn3nnc4ccccc43)C23CC[C@H]1S3. The number of thioether (sulfide) groups is 1. The molecule has 2 unspecified atom stereocenters. The Balaban J connectivity index is 1.42. The minimum atomic E-state index is -0.767. The van der Waals surface area contributed by atoms with Crippen LogP contribution in [-0.4, -0.2) is 78.6 Å². The number of hydrogen-bond acceptors (Lipinski definition) is 8. The first-order valence-corrected chi connectivity index (χ1v) is 11.7. The van der Waals surface area contributed by atoms with E-state index in [-0.39, 0.29) is 49.5 Å². The zero-order valence-corrected chi connectivity index (χ0v) is 18.5. The van der Waals surface area contributed by atoms with E-state index in [1.807, 2.05) is 24.3 Å². The number of para-hydroxylation sites is 1. The Bertz CT molecular complexity index is 1080. The van der Waals surface area contributed by atoms with Crippen molar-refractivity contribution in [2.75, 3.05) is 19.8 Å². The van der Waals surface area contributed by atoms with Gasteiger partial charge < -0.3 is 20.1 Å². The average Bonchev–Trinajstić information content (AvgIpc) is 3.52. The van der Waals surface area contributed by atoms with E-state index in [2.05, 4.69) is 15.6 Å². The third kappa shape index (κ3) is 3.01. The van der Waals surface area contributed by atoms with Gasteiger partial charge in [-0.1, -0.05) is 17.3 Å². The molecule has 3 fully saturated rings. The predicted molar refractivity (Wildman–Crippen MR) is 115 cm³/mol. The number of amides is 2. The number of aromatic nitrogens is 3. The zero-order chi connectivity index (χ0) is 22.5. The van der Waals surface area contributed by atoms with E-state index >= 15 is 0 Å². The molecular weight excluding hydrogens is 434 g/mol. The fourth-order valence-corrected chi connectivity index (χ4v) is 7.80. The molecule has 170 valence electrons. The number of aliphatic hydroxyl groups excluding tert-OH is 1. The number of β-amino-alcohol motifs (C(OH)–C–C–N with tert-alkyl or cyclic N) is 1. The Morgan fingerprint density at radius 1 is 1.38 bits per heavy atom. The van der Waals surface area contributed by atoms with Gasteiger partial charge in [-0.2, -0.15) is 0 Å². The summed E-state index contributed by atoms with van der Waals surface area (Å²) in [4.78, 5) is 41.0. The summed E-state index contributed by atoms with van der Waals surface area (Å²) in [7, 11) is 0. The highest BCUT2D eigenvalue weighted by molar-refractivity contribution is 8.02. The largest absolute Gasteiger partial charge is 0.466 e. The van der Waals surface area contributed by atoms with Crippen molar-refractivity contribution >= 4 is 40.6 Å². The zero-order valence-electron chi connectivity index (χ0n) is 17.6. The number of carbonyl (C=O) groups is 3. The van der Waals surface area contributed by atoms with Crippen molar-refractivity contribution in [2.24, 2.45) is 11.8 Å². The predicted octanol–water partition coefficient (Wildman–Crippen LogP) is 0.152. The van der Waals surface area contributed by atoms with Crippen molar-refractivity contribution in [3.8, 4) is 0 Å². The molecule has 1 spiro atoms. The first-order chi connectivity index (χ1) is 15.5. The average molecular weight is 460 g/mol. The van der Waals surface area contributed by atoms with Gasteiger partial charge in [-0.05, 0) is 31.9 Å². The van der Waals surface area contributed by atoms with Crippen LogP contribution in [0.1, 0.15) is 19.8 Å². The van der Waals surface area contributed by atoms with E-state index in [1.165, 1.54) is 4.90 Å². The molecule has 2 N–H and O–H groups in total. The highest BCUT2D eigenvalue weighted by Crippen LogP contribution is 2.66. The molecule has 32 heavy (non-hydrogen) atoms. The van der Waals surface area contributed by atoms with Crippen molar-refractivity contribution < 1.29 is 24.2 Å². The Kier molecular flexibility index (Phi) is 5.32. The molecule has 5 rings (SSSR count). The summed E-state index contributed by atoms with van der Waals surface area (Å²) >= 11 is 1.57. The van der Waals surface area contributed by atoms with Gasteiger partial charge in [0.15, 0.2) is 0 Å². The van der Waals surface area contributed by atoms with Gasteiger partial charge in [-0.3, -0.25) is 14.4 Å². The second-order valence-corrected chi connectivity index (χ2v) is 9.94. The van der Waals surface area contributed by atoms with Crippen molar-refractivity contribution in [3.05, 3.63) is 24.3 Å². The molecule has 2 amide bonds. The van der Waals surface area contributed by atoms with Crippen molar-refractivity contribution in [1.29, 1.82) is 0 Å². The molecule has 1 aromatic heterocycles. The van der Waals surface area contributed by atoms with Crippen LogP contribution in [0.3, 0.4) is 0 Å². The van der Waals surface area contributed by atoms with E-state index < -0.39 is 22.6 Å². The minimum absolute atomic E-state index is 0.0335. The van der Waals surface area contributed by atoms with E-state index in [9.17, 15) is 19.5 Å². The van der Waals surface area contributed by atoms with Gasteiger partial charge in [0, 0.05) is 11.8 Å². The minimum Gasteiger partial charge on any atom is -0.466 e. The van der Waals surface area contributed by atoms with Gasteiger partial charge in [0.2, 0.25) is 11.8 Å². The van der Waals surface area contributed by atoms with Crippen LogP contribution in [0.5, 0.6) is 0 Å². The van der Waals surface area contributed by atoms with Gasteiger partial charge >= 0.3 is 5.97 Å². The number of benzene rings is 1. The van der Waals surface area contributed by atoms with Crippen molar-refractivity contribution in [3.63, 3.8) is 0 Å². The summed E-state index contributed by atoms with van der Waals surface area (Å²) in [5.41, 5.74) is 1.51. The van der Waals surface area contributed by atoms with Gasteiger partial charge in [0.25, 0.3) is 0 Å². The normalized spacial score (nSPS) is 30.7. The number of likely N-dealkylation sites (tertiary alicyclic amines) is 1. The maximum absolute atomic E-state index is 13.5. The second kappa shape index (κ2) is 8.04. The second-order valence-electron chi connectivity index (χ2n) is 8.34. The molecule has 2 bridgehead atoms. The van der Waals surface area contributed by atoms with E-state index in [4.69, 9.17) is 4.74 Å². The monoisotopic (exact) mass is 459 g/mol. The van der Waals surface area contributed by atoms with E-state index in [1.54, 1.807) is 23.4 Å². The Hall–Kier alpha value is -2.66. The van der Waals surface area contributed by atoms with E-state index in [0.29, 0.717) is 6.42 Å². The molecule has 11 heteroatoms. The van der Waals surface area contributed by atoms with Crippen LogP contribution in [0, 0.1) is 11.8 Å². The number of rotatable bonds is 7. The number of fused-ring (bicyclic) bond motifs is 2. The van der Waals surface area contributed by atoms with Crippen molar-refractivity contribution in [2.45, 2.75) is 42.5 Å². The molecule has 5 atom stereocenters. The van der Waals surface area contributed by atoms with Crippen LogP contribution < -0.4 is 5.32 Å². The smallest absolute Gasteiger partial charge is 0.310 e. The molecule has 3 aliphatic rings. The van der Waals surface area contributed by atoms with Gasteiger partial charge in [0.1, 0.15) is 18.2 Å².